The average Bonchev–Trinajstić information content (AvgIpc) is 2.48. The fourth-order valence-corrected chi connectivity index (χ4v) is 1.55. The maximum Gasteiger partial charge on any atom is 0.129 e. The lowest BCUT2D eigenvalue weighted by molar-refractivity contribution is 0.621. The van der Waals surface area contributed by atoms with Gasteiger partial charge in [-0.25, -0.2) is 4.39 Å². The zero-order valence-electron chi connectivity index (χ0n) is 6.49. The molecule has 0 unspecified atom stereocenters. The van der Waals surface area contributed by atoms with Gasteiger partial charge in [-0.05, 0) is 19.1 Å². The normalized spacial score (nSPS) is 10.9. The van der Waals surface area contributed by atoms with Crippen molar-refractivity contribution >= 4 is 22.5 Å². The van der Waals surface area contributed by atoms with Crippen LogP contribution < -0.4 is 0 Å². The summed E-state index contributed by atoms with van der Waals surface area (Å²) in [5.74, 6) is -0.269. The number of benzene rings is 1. The van der Waals surface area contributed by atoms with Gasteiger partial charge in [-0.3, -0.25) is 0 Å². The molecule has 2 rings (SSSR count). The highest BCUT2D eigenvalue weighted by Gasteiger charge is 2.07. The molecular weight excluding hydrogens is 177 g/mol. The molecule has 0 spiro atoms. The molecule has 3 heteroatoms. The number of rotatable bonds is 0. The van der Waals surface area contributed by atoms with Crippen molar-refractivity contribution in [3.63, 3.8) is 0 Å². The minimum atomic E-state index is -0.269. The number of H-pyrrole nitrogens is 1. The summed E-state index contributed by atoms with van der Waals surface area (Å²) in [5.41, 5.74) is 1.39. The monoisotopic (exact) mass is 183 g/mol. The number of fused-ring (bicyclic) bond motifs is 1. The summed E-state index contributed by atoms with van der Waals surface area (Å²) in [5, 5.41) is 1.32. The Hall–Kier alpha value is -1.02. The molecule has 0 saturated carbocycles. The number of aromatic nitrogens is 1. The Balaban J connectivity index is 2.97. The van der Waals surface area contributed by atoms with Crippen molar-refractivity contribution in [2.75, 3.05) is 0 Å². The van der Waals surface area contributed by atoms with E-state index in [9.17, 15) is 4.39 Å². The second kappa shape index (κ2) is 2.49. The summed E-state index contributed by atoms with van der Waals surface area (Å²) < 4.78 is 13.1. The summed E-state index contributed by atoms with van der Waals surface area (Å²) in [6.45, 7) is 1.73. The summed E-state index contributed by atoms with van der Waals surface area (Å²) in [7, 11) is 0. The van der Waals surface area contributed by atoms with Crippen molar-refractivity contribution in [1.82, 2.24) is 4.98 Å². The Bertz CT molecular complexity index is 433. The van der Waals surface area contributed by atoms with Gasteiger partial charge in [0, 0.05) is 17.1 Å². The highest BCUT2D eigenvalue weighted by molar-refractivity contribution is 6.35. The molecule has 2 aromatic rings. The van der Waals surface area contributed by atoms with Crippen LogP contribution in [0.25, 0.3) is 10.9 Å². The smallest absolute Gasteiger partial charge is 0.129 e. The van der Waals surface area contributed by atoms with Crippen LogP contribution in [0.3, 0.4) is 0 Å². The minimum Gasteiger partial charge on any atom is -0.361 e. The van der Waals surface area contributed by atoms with Crippen LogP contribution in [0.15, 0.2) is 18.3 Å². The standard InChI is InChI=1S/C9H7ClFN/c1-5-8(11)4-7(10)6-2-3-12-9(5)6/h2-4,12H,1H3. The molecule has 1 N–H and O–H groups in total. The van der Waals surface area contributed by atoms with Gasteiger partial charge >= 0.3 is 0 Å². The first-order valence-electron chi connectivity index (χ1n) is 3.62. The largest absolute Gasteiger partial charge is 0.361 e. The highest BCUT2D eigenvalue weighted by atomic mass is 35.5. The van der Waals surface area contributed by atoms with E-state index in [-0.39, 0.29) is 5.82 Å². The molecule has 0 amide bonds. The summed E-state index contributed by atoms with van der Waals surface area (Å²) in [6.07, 6.45) is 1.75. The fourth-order valence-electron chi connectivity index (χ4n) is 1.30. The van der Waals surface area contributed by atoms with Crippen molar-refractivity contribution in [3.8, 4) is 0 Å². The molecule has 1 aromatic carbocycles. The molecule has 1 heterocycles. The molecule has 1 nitrogen and oxygen atoms in total. The lowest BCUT2D eigenvalue weighted by Gasteiger charge is -1.99. The van der Waals surface area contributed by atoms with Crippen LogP contribution in [0.5, 0.6) is 0 Å². The number of hydrogen-bond donors (Lipinski definition) is 1. The van der Waals surface area contributed by atoms with Gasteiger partial charge in [0.15, 0.2) is 0 Å². The maximum absolute atomic E-state index is 13.1. The van der Waals surface area contributed by atoms with Crippen LogP contribution in [0.2, 0.25) is 5.02 Å². The molecule has 0 aliphatic carbocycles. The van der Waals surface area contributed by atoms with E-state index in [1.807, 2.05) is 6.07 Å². The van der Waals surface area contributed by atoms with Crippen LogP contribution >= 0.6 is 11.6 Å². The lowest BCUT2D eigenvalue weighted by Crippen LogP contribution is -1.84. The zero-order chi connectivity index (χ0) is 8.72. The van der Waals surface area contributed by atoms with Crippen LogP contribution in [0, 0.1) is 12.7 Å². The molecule has 0 radical (unpaired) electrons. The van der Waals surface area contributed by atoms with E-state index in [4.69, 9.17) is 11.6 Å². The average molecular weight is 184 g/mol. The predicted molar refractivity (Wildman–Crippen MR) is 48.0 cm³/mol. The Morgan fingerprint density at radius 1 is 1.50 bits per heavy atom. The zero-order valence-corrected chi connectivity index (χ0v) is 7.24. The number of aromatic amines is 1. The molecule has 12 heavy (non-hydrogen) atoms. The third-order valence-corrected chi connectivity index (χ3v) is 2.30. The highest BCUT2D eigenvalue weighted by Crippen LogP contribution is 2.27. The molecule has 0 aliphatic rings. The van der Waals surface area contributed by atoms with E-state index in [1.54, 1.807) is 13.1 Å². The van der Waals surface area contributed by atoms with E-state index >= 15 is 0 Å². The second-order valence-electron chi connectivity index (χ2n) is 2.73. The fraction of sp³-hybridized carbons (Fsp3) is 0.111. The van der Waals surface area contributed by atoms with Crippen molar-refractivity contribution < 1.29 is 4.39 Å². The molecule has 0 aliphatic heterocycles. The van der Waals surface area contributed by atoms with Crippen molar-refractivity contribution in [2.24, 2.45) is 0 Å². The quantitative estimate of drug-likeness (QED) is 0.645. The molecule has 0 bridgehead atoms. The van der Waals surface area contributed by atoms with Crippen LogP contribution in [0.4, 0.5) is 4.39 Å². The topological polar surface area (TPSA) is 15.8 Å². The molecule has 0 fully saturated rings. The number of aryl methyl sites for hydroxylation is 1. The van der Waals surface area contributed by atoms with E-state index in [0.717, 1.165) is 10.9 Å². The first-order valence-corrected chi connectivity index (χ1v) is 3.99. The van der Waals surface area contributed by atoms with Gasteiger partial charge in [-0.2, -0.15) is 0 Å². The first-order chi connectivity index (χ1) is 5.70. The van der Waals surface area contributed by atoms with E-state index < -0.39 is 0 Å². The number of hydrogen-bond acceptors (Lipinski definition) is 0. The van der Waals surface area contributed by atoms with Crippen molar-refractivity contribution in [2.45, 2.75) is 6.92 Å². The van der Waals surface area contributed by atoms with Crippen LogP contribution in [0.1, 0.15) is 5.56 Å². The number of halogens is 2. The lowest BCUT2D eigenvalue weighted by atomic mass is 10.1. The van der Waals surface area contributed by atoms with Crippen LogP contribution in [-0.4, -0.2) is 4.98 Å². The Labute approximate surface area is 74.2 Å². The summed E-state index contributed by atoms with van der Waals surface area (Å²) in [4.78, 5) is 2.95. The van der Waals surface area contributed by atoms with Gasteiger partial charge in [-0.15, -0.1) is 0 Å². The summed E-state index contributed by atoms with van der Waals surface area (Å²) in [6, 6.07) is 3.18. The van der Waals surface area contributed by atoms with Gasteiger partial charge < -0.3 is 4.98 Å². The van der Waals surface area contributed by atoms with Crippen molar-refractivity contribution in [1.29, 1.82) is 0 Å². The minimum absolute atomic E-state index is 0.269. The molecular formula is C9H7ClFN. The molecule has 0 atom stereocenters. The van der Waals surface area contributed by atoms with Crippen molar-refractivity contribution in [3.05, 3.63) is 34.7 Å². The van der Waals surface area contributed by atoms with Gasteiger partial charge in [0.2, 0.25) is 0 Å². The van der Waals surface area contributed by atoms with Gasteiger partial charge in [0.1, 0.15) is 5.82 Å². The predicted octanol–water partition coefficient (Wildman–Crippen LogP) is 3.27. The molecule has 1 aromatic heterocycles. The Kier molecular flexibility index (Phi) is 1.58. The molecule has 62 valence electrons. The molecule has 0 saturated heterocycles. The van der Waals surface area contributed by atoms with Gasteiger partial charge in [-0.1, -0.05) is 11.6 Å². The Morgan fingerprint density at radius 3 is 3.00 bits per heavy atom. The van der Waals surface area contributed by atoms with Gasteiger partial charge in [0.25, 0.3) is 0 Å². The van der Waals surface area contributed by atoms with Gasteiger partial charge in [0.05, 0.1) is 10.5 Å². The first kappa shape index (κ1) is 7.62. The second-order valence-corrected chi connectivity index (χ2v) is 3.14. The van der Waals surface area contributed by atoms with E-state index in [2.05, 4.69) is 4.98 Å². The SMILES string of the molecule is Cc1c(F)cc(Cl)c2cc[nH]c12. The third kappa shape index (κ3) is 0.916. The van der Waals surface area contributed by atoms with E-state index in [0.29, 0.717) is 10.6 Å². The number of nitrogens with one attached hydrogen (secondary N) is 1. The summed E-state index contributed by atoms with van der Waals surface area (Å²) >= 11 is 5.82. The Morgan fingerprint density at radius 2 is 2.25 bits per heavy atom. The third-order valence-electron chi connectivity index (χ3n) is 1.99. The van der Waals surface area contributed by atoms with Crippen LogP contribution in [-0.2, 0) is 0 Å². The maximum atomic E-state index is 13.1. The van der Waals surface area contributed by atoms with E-state index in [1.165, 1.54) is 6.07 Å².